The van der Waals surface area contributed by atoms with Crippen LogP contribution in [-0.4, -0.2) is 54.4 Å². The minimum absolute atomic E-state index is 0.336. The number of aliphatic hydroxyl groups is 3. The fourth-order valence-corrected chi connectivity index (χ4v) is 2.32. The van der Waals surface area contributed by atoms with E-state index in [2.05, 4.69) is 5.10 Å². The van der Waals surface area contributed by atoms with Gasteiger partial charge < -0.3 is 24.6 Å². The molecule has 3 heterocycles. The summed E-state index contributed by atoms with van der Waals surface area (Å²) in [6.45, 7) is -0.392. The van der Waals surface area contributed by atoms with Gasteiger partial charge in [0.25, 0.3) is 0 Å². The van der Waals surface area contributed by atoms with Gasteiger partial charge in [-0.1, -0.05) is 0 Å². The molecule has 0 amide bonds. The molecule has 0 aromatic carbocycles. The van der Waals surface area contributed by atoms with Crippen molar-refractivity contribution in [2.45, 2.75) is 24.5 Å². The van der Waals surface area contributed by atoms with Crippen LogP contribution in [0, 0.1) is 11.3 Å². The summed E-state index contributed by atoms with van der Waals surface area (Å²) in [7, 11) is 0. The summed E-state index contributed by atoms with van der Waals surface area (Å²) in [6, 6.07) is 2.00. The van der Waals surface area contributed by atoms with E-state index in [1.807, 2.05) is 6.07 Å². The summed E-state index contributed by atoms with van der Waals surface area (Å²) in [5, 5.41) is 41.8. The molecule has 1 saturated heterocycles. The zero-order valence-corrected chi connectivity index (χ0v) is 9.79. The van der Waals surface area contributed by atoms with Crippen molar-refractivity contribution < 1.29 is 20.1 Å². The maximum absolute atomic E-state index is 9.97. The third kappa shape index (κ3) is 1.64. The first-order valence-electron chi connectivity index (χ1n) is 5.74. The first-order valence-corrected chi connectivity index (χ1v) is 5.74. The number of ether oxygens (including phenoxy) is 1. The molecule has 0 unspecified atom stereocenters. The summed E-state index contributed by atoms with van der Waals surface area (Å²) in [6.07, 6.45) is 0.548. The zero-order valence-electron chi connectivity index (χ0n) is 9.79. The molecule has 0 radical (unpaired) electrons. The van der Waals surface area contributed by atoms with Gasteiger partial charge in [0.1, 0.15) is 29.9 Å². The molecule has 8 nitrogen and oxygen atoms in total. The predicted molar refractivity (Wildman–Crippen MR) is 60.9 cm³/mol. The Labute approximate surface area is 107 Å². The number of aliphatic hydroxyl groups excluding tert-OH is 3. The van der Waals surface area contributed by atoms with Crippen LogP contribution in [0.5, 0.6) is 0 Å². The van der Waals surface area contributed by atoms with Crippen molar-refractivity contribution in [3.05, 3.63) is 24.2 Å². The molecular formula is C11H12N4O4. The highest BCUT2D eigenvalue weighted by Gasteiger charge is 2.43. The number of rotatable bonds is 2. The van der Waals surface area contributed by atoms with Crippen LogP contribution in [0.4, 0.5) is 0 Å². The minimum Gasteiger partial charge on any atom is -0.394 e. The van der Waals surface area contributed by atoms with Crippen LogP contribution in [0.3, 0.4) is 0 Å². The lowest BCUT2D eigenvalue weighted by molar-refractivity contribution is -0.0508. The van der Waals surface area contributed by atoms with E-state index in [1.54, 1.807) is 12.4 Å². The second-order valence-corrected chi connectivity index (χ2v) is 4.37. The third-order valence-corrected chi connectivity index (χ3v) is 3.29. The van der Waals surface area contributed by atoms with Crippen molar-refractivity contribution in [1.82, 2.24) is 14.2 Å². The van der Waals surface area contributed by atoms with Gasteiger partial charge in [0.05, 0.1) is 12.8 Å². The Morgan fingerprint density at radius 3 is 2.79 bits per heavy atom. The van der Waals surface area contributed by atoms with Crippen LogP contribution in [0.1, 0.15) is 11.8 Å². The highest BCUT2D eigenvalue weighted by Crippen LogP contribution is 2.31. The maximum atomic E-state index is 9.97. The number of aromatic nitrogens is 3. The summed E-state index contributed by atoms with van der Waals surface area (Å²) < 4.78 is 8.42. The highest BCUT2D eigenvalue weighted by atomic mass is 16.6. The lowest BCUT2D eigenvalue weighted by atomic mass is 10.1. The molecule has 1 aliphatic heterocycles. The van der Waals surface area contributed by atoms with Gasteiger partial charge in [-0.2, -0.15) is 10.4 Å². The lowest BCUT2D eigenvalue weighted by Gasteiger charge is -2.16. The van der Waals surface area contributed by atoms with E-state index in [0.29, 0.717) is 11.2 Å². The first-order chi connectivity index (χ1) is 9.17. The zero-order chi connectivity index (χ0) is 13.6. The SMILES string of the molecule is N#Cc1cnn2ccn([C@H]3O[C@@H](CO)[C@@H](O)[C@H]3O)c12. The van der Waals surface area contributed by atoms with Crippen LogP contribution in [0.15, 0.2) is 18.6 Å². The number of fused-ring (bicyclic) bond motifs is 1. The monoisotopic (exact) mass is 264 g/mol. The molecule has 1 fully saturated rings. The molecule has 8 heteroatoms. The van der Waals surface area contributed by atoms with Gasteiger partial charge >= 0.3 is 0 Å². The number of nitriles is 1. The average Bonchev–Trinajstić information content (AvgIpc) is 3.06. The van der Waals surface area contributed by atoms with Crippen molar-refractivity contribution in [2.75, 3.05) is 6.61 Å². The number of hydrogen-bond donors (Lipinski definition) is 3. The Kier molecular flexibility index (Phi) is 2.76. The van der Waals surface area contributed by atoms with Crippen molar-refractivity contribution in [1.29, 1.82) is 5.26 Å². The van der Waals surface area contributed by atoms with Crippen molar-refractivity contribution in [2.24, 2.45) is 0 Å². The average molecular weight is 264 g/mol. The Morgan fingerprint density at radius 1 is 1.37 bits per heavy atom. The Morgan fingerprint density at radius 2 is 2.16 bits per heavy atom. The molecule has 2 aromatic rings. The predicted octanol–water partition coefficient (Wildman–Crippen LogP) is -1.38. The summed E-state index contributed by atoms with van der Waals surface area (Å²) in [5.41, 5.74) is 0.806. The second-order valence-electron chi connectivity index (χ2n) is 4.37. The topological polar surface area (TPSA) is 116 Å². The standard InChI is InChI=1S/C11H12N4O4/c12-3-6-4-13-15-2-1-14(10(6)15)11-9(18)8(17)7(5-16)19-11/h1-2,4,7-9,11,16-18H,5H2/t7-,8+,9+,11-/m0/s1. The lowest BCUT2D eigenvalue weighted by Crippen LogP contribution is -2.33. The van der Waals surface area contributed by atoms with Gasteiger partial charge in [-0.15, -0.1) is 0 Å². The Hall–Kier alpha value is -1.92. The van der Waals surface area contributed by atoms with Crippen LogP contribution < -0.4 is 0 Å². The van der Waals surface area contributed by atoms with Crippen molar-refractivity contribution in [3.63, 3.8) is 0 Å². The molecule has 19 heavy (non-hydrogen) atoms. The smallest absolute Gasteiger partial charge is 0.164 e. The quantitative estimate of drug-likeness (QED) is 0.615. The van der Waals surface area contributed by atoms with Crippen molar-refractivity contribution >= 4 is 5.65 Å². The Balaban J connectivity index is 2.06. The molecule has 0 spiro atoms. The normalized spacial score (nSPS) is 30.8. The molecule has 1 aliphatic rings. The second kappa shape index (κ2) is 4.32. The van der Waals surface area contributed by atoms with Gasteiger partial charge in [-0.3, -0.25) is 0 Å². The van der Waals surface area contributed by atoms with Gasteiger partial charge in [-0.25, -0.2) is 4.52 Å². The molecule has 4 atom stereocenters. The molecule has 0 saturated carbocycles. The molecule has 2 aromatic heterocycles. The van der Waals surface area contributed by atoms with Crippen LogP contribution >= 0.6 is 0 Å². The van der Waals surface area contributed by atoms with Gasteiger partial charge in [0.15, 0.2) is 11.9 Å². The number of hydrogen-bond acceptors (Lipinski definition) is 6. The van der Waals surface area contributed by atoms with E-state index < -0.39 is 31.1 Å². The molecular weight excluding hydrogens is 252 g/mol. The van der Waals surface area contributed by atoms with Gasteiger partial charge in [0, 0.05) is 12.4 Å². The first kappa shape index (κ1) is 12.1. The van der Waals surface area contributed by atoms with Gasteiger partial charge in [-0.05, 0) is 0 Å². The van der Waals surface area contributed by atoms with E-state index in [4.69, 9.17) is 15.1 Å². The van der Waals surface area contributed by atoms with Crippen LogP contribution in [0.2, 0.25) is 0 Å². The van der Waals surface area contributed by atoms with E-state index >= 15 is 0 Å². The molecule has 100 valence electrons. The van der Waals surface area contributed by atoms with E-state index in [1.165, 1.54) is 15.3 Å². The van der Waals surface area contributed by atoms with Gasteiger partial charge in [0.2, 0.25) is 0 Å². The largest absolute Gasteiger partial charge is 0.394 e. The van der Waals surface area contributed by atoms with E-state index in [9.17, 15) is 10.2 Å². The molecule has 0 aliphatic carbocycles. The third-order valence-electron chi connectivity index (χ3n) is 3.29. The summed E-state index contributed by atoms with van der Waals surface area (Å²) in [4.78, 5) is 0. The summed E-state index contributed by atoms with van der Waals surface area (Å²) >= 11 is 0. The fourth-order valence-electron chi connectivity index (χ4n) is 2.32. The van der Waals surface area contributed by atoms with Crippen LogP contribution in [-0.2, 0) is 4.74 Å². The number of imidazole rings is 1. The van der Waals surface area contributed by atoms with E-state index in [0.717, 1.165) is 0 Å². The highest BCUT2D eigenvalue weighted by molar-refractivity contribution is 5.55. The molecule has 3 rings (SSSR count). The van der Waals surface area contributed by atoms with Crippen molar-refractivity contribution in [3.8, 4) is 6.07 Å². The minimum atomic E-state index is -1.19. The summed E-state index contributed by atoms with van der Waals surface area (Å²) in [5.74, 6) is 0. The van der Waals surface area contributed by atoms with E-state index in [-0.39, 0.29) is 0 Å². The maximum Gasteiger partial charge on any atom is 0.164 e. The van der Waals surface area contributed by atoms with Crippen LogP contribution in [0.25, 0.3) is 5.65 Å². The fraction of sp³-hybridized carbons (Fsp3) is 0.455. The molecule has 0 bridgehead atoms. The molecule has 3 N–H and O–H groups in total. The number of nitrogens with zero attached hydrogens (tertiary/aromatic N) is 4. The Bertz CT molecular complexity index is 643.